The minimum atomic E-state index is -0.600. The Bertz CT molecular complexity index is 635. The van der Waals surface area contributed by atoms with Gasteiger partial charge in [0.05, 0.1) is 6.10 Å². The lowest BCUT2D eigenvalue weighted by molar-refractivity contribution is 0.153. The second kappa shape index (κ2) is 5.98. The van der Waals surface area contributed by atoms with Gasteiger partial charge in [-0.1, -0.05) is 30.3 Å². The van der Waals surface area contributed by atoms with E-state index in [1.54, 1.807) is 6.07 Å². The molecule has 1 aliphatic carbocycles. The zero-order valence-electron chi connectivity index (χ0n) is 12.3. The first-order valence-electron chi connectivity index (χ1n) is 7.67. The molecule has 2 atom stereocenters. The van der Waals surface area contributed by atoms with Gasteiger partial charge in [-0.3, -0.25) is 0 Å². The molecule has 0 heterocycles. The van der Waals surface area contributed by atoms with Crippen molar-refractivity contribution in [2.24, 2.45) is 0 Å². The van der Waals surface area contributed by atoms with Crippen LogP contribution in [0.1, 0.15) is 53.5 Å². The summed E-state index contributed by atoms with van der Waals surface area (Å²) in [5, 5.41) is 10.5. The van der Waals surface area contributed by atoms with Crippen LogP contribution < -0.4 is 0 Å². The zero-order chi connectivity index (χ0) is 14.8. The van der Waals surface area contributed by atoms with Crippen LogP contribution in [-0.4, -0.2) is 5.11 Å². The van der Waals surface area contributed by atoms with Gasteiger partial charge in [0.25, 0.3) is 0 Å². The predicted molar refractivity (Wildman–Crippen MR) is 82.8 cm³/mol. The van der Waals surface area contributed by atoms with E-state index in [1.165, 1.54) is 23.3 Å². The lowest BCUT2D eigenvalue weighted by atomic mass is 9.79. The number of rotatable bonds is 3. The fourth-order valence-corrected chi connectivity index (χ4v) is 3.47. The SMILES string of the molecule is Cc1ccc(F)cc1C(O)CC1CCCc2ccccc21. The molecule has 0 amide bonds. The summed E-state index contributed by atoms with van der Waals surface area (Å²) in [5.74, 6) is 0.0892. The average molecular weight is 284 g/mol. The Labute approximate surface area is 125 Å². The van der Waals surface area contributed by atoms with Crippen molar-refractivity contribution in [1.29, 1.82) is 0 Å². The van der Waals surface area contributed by atoms with Gasteiger partial charge in [-0.2, -0.15) is 0 Å². The molecule has 0 spiro atoms. The van der Waals surface area contributed by atoms with E-state index in [4.69, 9.17) is 0 Å². The van der Waals surface area contributed by atoms with Crippen molar-refractivity contribution in [3.8, 4) is 0 Å². The van der Waals surface area contributed by atoms with E-state index in [9.17, 15) is 9.50 Å². The highest BCUT2D eigenvalue weighted by molar-refractivity contribution is 5.34. The Hall–Kier alpha value is -1.67. The largest absolute Gasteiger partial charge is 0.388 e. The van der Waals surface area contributed by atoms with Gasteiger partial charge in [0.2, 0.25) is 0 Å². The summed E-state index contributed by atoms with van der Waals surface area (Å²) in [7, 11) is 0. The number of aliphatic hydroxyl groups excluding tert-OH is 1. The van der Waals surface area contributed by atoms with Gasteiger partial charge in [0.1, 0.15) is 5.82 Å². The van der Waals surface area contributed by atoms with E-state index in [1.807, 2.05) is 6.92 Å². The standard InChI is InChI=1S/C19H21FO/c1-13-9-10-16(20)12-18(13)19(21)11-15-7-4-6-14-5-2-3-8-17(14)15/h2-3,5,8-10,12,15,19,21H,4,6-7,11H2,1H3. The molecule has 0 saturated carbocycles. The monoisotopic (exact) mass is 284 g/mol. The van der Waals surface area contributed by atoms with Crippen LogP contribution in [-0.2, 0) is 6.42 Å². The molecule has 0 aliphatic heterocycles. The summed E-state index contributed by atoms with van der Waals surface area (Å²) in [4.78, 5) is 0. The zero-order valence-corrected chi connectivity index (χ0v) is 12.3. The number of fused-ring (bicyclic) bond motifs is 1. The van der Waals surface area contributed by atoms with Gasteiger partial charge in [-0.15, -0.1) is 0 Å². The number of hydrogen-bond acceptors (Lipinski definition) is 1. The lowest BCUT2D eigenvalue weighted by Crippen LogP contribution is -2.13. The molecule has 2 heteroatoms. The molecular formula is C19H21FO. The Balaban J connectivity index is 1.82. The molecule has 0 bridgehead atoms. The van der Waals surface area contributed by atoms with Crippen LogP contribution in [0.2, 0.25) is 0 Å². The van der Waals surface area contributed by atoms with Crippen LogP contribution in [0.15, 0.2) is 42.5 Å². The third-order valence-electron chi connectivity index (χ3n) is 4.60. The highest BCUT2D eigenvalue weighted by atomic mass is 19.1. The molecule has 1 nitrogen and oxygen atoms in total. The maximum absolute atomic E-state index is 13.4. The van der Waals surface area contributed by atoms with Gasteiger partial charge in [0, 0.05) is 0 Å². The second-order valence-corrected chi connectivity index (χ2v) is 6.04. The maximum atomic E-state index is 13.4. The summed E-state index contributed by atoms with van der Waals surface area (Å²) in [5.41, 5.74) is 4.43. The smallest absolute Gasteiger partial charge is 0.123 e. The van der Waals surface area contributed by atoms with Crippen molar-refractivity contribution in [2.75, 3.05) is 0 Å². The van der Waals surface area contributed by atoms with Crippen LogP contribution in [0.3, 0.4) is 0 Å². The fraction of sp³-hybridized carbons (Fsp3) is 0.368. The van der Waals surface area contributed by atoms with Crippen molar-refractivity contribution >= 4 is 0 Å². The first-order chi connectivity index (χ1) is 10.1. The van der Waals surface area contributed by atoms with Gasteiger partial charge < -0.3 is 5.11 Å². The Morgan fingerprint density at radius 3 is 2.90 bits per heavy atom. The second-order valence-electron chi connectivity index (χ2n) is 6.04. The molecule has 0 fully saturated rings. The van der Waals surface area contributed by atoms with E-state index in [0.29, 0.717) is 12.3 Å². The molecule has 2 aromatic carbocycles. The minimum absolute atomic E-state index is 0.279. The van der Waals surface area contributed by atoms with Gasteiger partial charge >= 0.3 is 0 Å². The van der Waals surface area contributed by atoms with Crippen LogP contribution in [0.5, 0.6) is 0 Å². The average Bonchev–Trinajstić information content (AvgIpc) is 2.50. The fourth-order valence-electron chi connectivity index (χ4n) is 3.47. The normalized spacial score (nSPS) is 19.1. The van der Waals surface area contributed by atoms with Crippen LogP contribution in [0.4, 0.5) is 4.39 Å². The third-order valence-corrected chi connectivity index (χ3v) is 4.60. The predicted octanol–water partition coefficient (Wildman–Crippen LogP) is 4.68. The Kier molecular flexibility index (Phi) is 4.07. The number of benzene rings is 2. The molecule has 1 N–H and O–H groups in total. The van der Waals surface area contributed by atoms with Crippen LogP contribution >= 0.6 is 0 Å². The third kappa shape index (κ3) is 3.01. The van der Waals surface area contributed by atoms with Crippen molar-refractivity contribution < 1.29 is 9.50 Å². The van der Waals surface area contributed by atoms with E-state index < -0.39 is 6.10 Å². The summed E-state index contributed by atoms with van der Waals surface area (Å²) >= 11 is 0. The van der Waals surface area contributed by atoms with E-state index in [0.717, 1.165) is 30.4 Å². The number of hydrogen-bond donors (Lipinski definition) is 1. The van der Waals surface area contributed by atoms with Gasteiger partial charge in [-0.25, -0.2) is 4.39 Å². The molecule has 21 heavy (non-hydrogen) atoms. The molecule has 1 aliphatic rings. The molecule has 110 valence electrons. The van der Waals surface area contributed by atoms with E-state index in [-0.39, 0.29) is 5.82 Å². The molecule has 0 aromatic heterocycles. The molecule has 3 rings (SSSR count). The van der Waals surface area contributed by atoms with Gasteiger partial charge in [0.15, 0.2) is 0 Å². The molecule has 2 unspecified atom stereocenters. The molecule has 2 aromatic rings. The molecule has 0 saturated heterocycles. The van der Waals surface area contributed by atoms with Crippen molar-refractivity contribution in [2.45, 2.75) is 44.6 Å². The topological polar surface area (TPSA) is 20.2 Å². The Morgan fingerprint density at radius 2 is 2.05 bits per heavy atom. The number of aliphatic hydroxyl groups is 1. The number of aryl methyl sites for hydroxylation is 2. The van der Waals surface area contributed by atoms with Crippen molar-refractivity contribution in [3.63, 3.8) is 0 Å². The van der Waals surface area contributed by atoms with E-state index >= 15 is 0 Å². The summed E-state index contributed by atoms with van der Waals surface area (Å²) in [6.07, 6.45) is 3.46. The quantitative estimate of drug-likeness (QED) is 0.867. The highest BCUT2D eigenvalue weighted by Gasteiger charge is 2.23. The first kappa shape index (κ1) is 14.3. The molecule has 0 radical (unpaired) electrons. The van der Waals surface area contributed by atoms with Crippen LogP contribution in [0.25, 0.3) is 0 Å². The lowest BCUT2D eigenvalue weighted by Gasteiger charge is -2.27. The Morgan fingerprint density at radius 1 is 1.24 bits per heavy atom. The van der Waals surface area contributed by atoms with Crippen molar-refractivity contribution in [1.82, 2.24) is 0 Å². The maximum Gasteiger partial charge on any atom is 0.123 e. The summed E-state index contributed by atoms with van der Waals surface area (Å²) in [6, 6.07) is 13.1. The van der Waals surface area contributed by atoms with Crippen molar-refractivity contribution in [3.05, 3.63) is 70.5 Å². The first-order valence-corrected chi connectivity index (χ1v) is 7.67. The van der Waals surface area contributed by atoms with Crippen LogP contribution in [0, 0.1) is 12.7 Å². The summed E-state index contributed by atoms with van der Waals surface area (Å²) in [6.45, 7) is 1.92. The highest BCUT2D eigenvalue weighted by Crippen LogP contribution is 2.38. The van der Waals surface area contributed by atoms with Gasteiger partial charge in [-0.05, 0) is 72.9 Å². The molecular weight excluding hydrogens is 263 g/mol. The minimum Gasteiger partial charge on any atom is -0.388 e. The number of halogens is 1. The summed E-state index contributed by atoms with van der Waals surface area (Å²) < 4.78 is 13.4. The van der Waals surface area contributed by atoms with E-state index in [2.05, 4.69) is 24.3 Å².